The fourth-order valence-electron chi connectivity index (χ4n) is 2.07. The lowest BCUT2D eigenvalue weighted by Crippen LogP contribution is -2.44. The summed E-state index contributed by atoms with van der Waals surface area (Å²) < 4.78 is 0. The standard InChI is InChI=1S/C14H26N4/c1-4-16-14(15)12-13(2)6-5-7-18-10-8-17(3)9-11-18/h4,12H,2,5-11,15H2,1,3H3/b14-12-,16-4-. The van der Waals surface area contributed by atoms with Crippen molar-refractivity contribution in [2.75, 3.05) is 39.8 Å². The normalized spacial score (nSPS) is 19.6. The Morgan fingerprint density at radius 3 is 2.61 bits per heavy atom. The Labute approximate surface area is 111 Å². The highest BCUT2D eigenvalue weighted by Gasteiger charge is 2.12. The summed E-state index contributed by atoms with van der Waals surface area (Å²) in [6.07, 6.45) is 5.70. The Morgan fingerprint density at radius 1 is 1.33 bits per heavy atom. The van der Waals surface area contributed by atoms with Crippen LogP contribution in [0.4, 0.5) is 0 Å². The third kappa shape index (κ3) is 5.98. The number of nitrogens with two attached hydrogens (primary N) is 1. The van der Waals surface area contributed by atoms with E-state index in [0.717, 1.165) is 25.0 Å². The Morgan fingerprint density at radius 2 is 2.00 bits per heavy atom. The van der Waals surface area contributed by atoms with Crippen LogP contribution in [-0.4, -0.2) is 55.8 Å². The molecule has 1 heterocycles. The van der Waals surface area contributed by atoms with E-state index in [0.29, 0.717) is 5.82 Å². The van der Waals surface area contributed by atoms with Crippen molar-refractivity contribution in [3.8, 4) is 0 Å². The molecule has 0 aromatic carbocycles. The highest BCUT2D eigenvalue weighted by Crippen LogP contribution is 2.08. The molecule has 4 heteroatoms. The minimum atomic E-state index is 0.544. The van der Waals surface area contributed by atoms with Gasteiger partial charge >= 0.3 is 0 Å². The molecule has 0 unspecified atom stereocenters. The second kappa shape index (κ2) is 8.06. The number of allylic oxidation sites excluding steroid dienone is 2. The van der Waals surface area contributed by atoms with Gasteiger partial charge in [0.15, 0.2) is 0 Å². The Hall–Kier alpha value is -1.13. The summed E-state index contributed by atoms with van der Waals surface area (Å²) in [5.41, 5.74) is 6.76. The molecule has 0 atom stereocenters. The quantitative estimate of drug-likeness (QED) is 0.573. The molecule has 1 aliphatic rings. The third-order valence-corrected chi connectivity index (χ3v) is 3.20. The molecule has 0 aromatic heterocycles. The number of hydrogen-bond donors (Lipinski definition) is 1. The molecule has 2 N–H and O–H groups in total. The average Bonchev–Trinajstić information content (AvgIpc) is 2.32. The van der Waals surface area contributed by atoms with Crippen LogP contribution in [0.2, 0.25) is 0 Å². The van der Waals surface area contributed by atoms with Crippen LogP contribution in [0.1, 0.15) is 19.8 Å². The average molecular weight is 250 g/mol. The first-order valence-corrected chi connectivity index (χ1v) is 6.66. The lowest BCUT2D eigenvalue weighted by Gasteiger charge is -2.32. The largest absolute Gasteiger partial charge is 0.384 e. The number of hydrogen-bond acceptors (Lipinski definition) is 4. The molecule has 0 spiro atoms. The van der Waals surface area contributed by atoms with Crippen molar-refractivity contribution in [3.05, 3.63) is 24.0 Å². The van der Waals surface area contributed by atoms with Gasteiger partial charge in [-0.25, -0.2) is 4.99 Å². The molecule has 1 aliphatic heterocycles. The number of rotatable bonds is 6. The lowest BCUT2D eigenvalue weighted by atomic mass is 10.1. The smallest absolute Gasteiger partial charge is 0.123 e. The molecule has 0 bridgehead atoms. The van der Waals surface area contributed by atoms with E-state index in [2.05, 4.69) is 28.4 Å². The van der Waals surface area contributed by atoms with Crippen LogP contribution in [0.5, 0.6) is 0 Å². The highest BCUT2D eigenvalue weighted by atomic mass is 15.2. The second-order valence-electron chi connectivity index (χ2n) is 4.86. The minimum Gasteiger partial charge on any atom is -0.384 e. The van der Waals surface area contributed by atoms with Crippen molar-refractivity contribution < 1.29 is 0 Å². The van der Waals surface area contributed by atoms with E-state index >= 15 is 0 Å². The van der Waals surface area contributed by atoms with Crippen molar-refractivity contribution in [1.82, 2.24) is 9.80 Å². The van der Waals surface area contributed by atoms with E-state index in [-0.39, 0.29) is 0 Å². The summed E-state index contributed by atoms with van der Waals surface area (Å²) in [5, 5.41) is 0. The van der Waals surface area contributed by atoms with Gasteiger partial charge in [-0.05, 0) is 39.4 Å². The molecule has 0 aliphatic carbocycles. The molecular weight excluding hydrogens is 224 g/mol. The van der Waals surface area contributed by atoms with Gasteiger partial charge < -0.3 is 15.5 Å². The van der Waals surface area contributed by atoms with Gasteiger partial charge in [-0.15, -0.1) is 0 Å². The van der Waals surface area contributed by atoms with Crippen molar-refractivity contribution >= 4 is 6.21 Å². The van der Waals surface area contributed by atoms with E-state index in [4.69, 9.17) is 5.73 Å². The molecule has 1 fully saturated rings. The molecule has 1 saturated heterocycles. The van der Waals surface area contributed by atoms with Crippen molar-refractivity contribution in [3.63, 3.8) is 0 Å². The molecule has 18 heavy (non-hydrogen) atoms. The van der Waals surface area contributed by atoms with Gasteiger partial charge in [0.2, 0.25) is 0 Å². The minimum absolute atomic E-state index is 0.544. The summed E-state index contributed by atoms with van der Waals surface area (Å²) in [6, 6.07) is 0. The molecule has 102 valence electrons. The summed E-state index contributed by atoms with van der Waals surface area (Å²) >= 11 is 0. The molecular formula is C14H26N4. The Kier molecular flexibility index (Phi) is 6.68. The first-order chi connectivity index (χ1) is 8.61. The predicted octanol–water partition coefficient (Wildman–Crippen LogP) is 1.46. The Bertz CT molecular complexity index is 312. The summed E-state index contributed by atoms with van der Waals surface area (Å²) in [4.78, 5) is 8.90. The maximum atomic E-state index is 5.70. The van der Waals surface area contributed by atoms with Gasteiger partial charge in [-0.1, -0.05) is 12.2 Å². The van der Waals surface area contributed by atoms with Crippen LogP contribution >= 0.6 is 0 Å². The number of piperazine rings is 1. The summed E-state index contributed by atoms with van der Waals surface area (Å²) in [6.45, 7) is 11.7. The third-order valence-electron chi connectivity index (χ3n) is 3.20. The van der Waals surface area contributed by atoms with Gasteiger partial charge in [0.25, 0.3) is 0 Å². The van der Waals surface area contributed by atoms with Crippen LogP contribution < -0.4 is 5.73 Å². The van der Waals surface area contributed by atoms with Crippen molar-refractivity contribution in [1.29, 1.82) is 0 Å². The molecule has 1 rings (SSSR count). The first kappa shape index (κ1) is 14.9. The van der Waals surface area contributed by atoms with E-state index in [1.807, 2.05) is 13.0 Å². The summed E-state index contributed by atoms with van der Waals surface area (Å²) in [7, 11) is 2.18. The lowest BCUT2D eigenvalue weighted by molar-refractivity contribution is 0.153. The molecule has 4 nitrogen and oxygen atoms in total. The van der Waals surface area contributed by atoms with Crippen LogP contribution in [0, 0.1) is 0 Å². The predicted molar refractivity (Wildman–Crippen MR) is 78.7 cm³/mol. The topological polar surface area (TPSA) is 44.9 Å². The Balaban J connectivity index is 2.17. The maximum Gasteiger partial charge on any atom is 0.123 e. The van der Waals surface area contributed by atoms with Gasteiger partial charge in [0.1, 0.15) is 5.82 Å². The fraction of sp³-hybridized carbons (Fsp3) is 0.643. The zero-order valence-electron chi connectivity index (χ0n) is 11.7. The van der Waals surface area contributed by atoms with Crippen LogP contribution in [0.15, 0.2) is 29.0 Å². The molecule has 0 saturated carbocycles. The maximum absolute atomic E-state index is 5.70. The molecule has 0 radical (unpaired) electrons. The monoisotopic (exact) mass is 250 g/mol. The van der Waals surface area contributed by atoms with Gasteiger partial charge in [-0.3, -0.25) is 0 Å². The second-order valence-corrected chi connectivity index (χ2v) is 4.86. The number of likely N-dealkylation sites (N-methyl/N-ethyl adjacent to an activating group) is 1. The van der Waals surface area contributed by atoms with Crippen LogP contribution in [0.3, 0.4) is 0 Å². The zero-order chi connectivity index (χ0) is 13.4. The van der Waals surface area contributed by atoms with E-state index < -0.39 is 0 Å². The fourth-order valence-corrected chi connectivity index (χ4v) is 2.07. The zero-order valence-corrected chi connectivity index (χ0v) is 11.7. The van der Waals surface area contributed by atoms with Crippen molar-refractivity contribution in [2.45, 2.75) is 19.8 Å². The number of aliphatic imine (C=N–C) groups is 1. The van der Waals surface area contributed by atoms with Gasteiger partial charge in [0, 0.05) is 32.4 Å². The van der Waals surface area contributed by atoms with E-state index in [1.54, 1.807) is 6.21 Å². The van der Waals surface area contributed by atoms with Crippen molar-refractivity contribution in [2.24, 2.45) is 10.7 Å². The van der Waals surface area contributed by atoms with Crippen LogP contribution in [-0.2, 0) is 0 Å². The SMILES string of the molecule is C=C(/C=C(N)\N=C/C)CCCN1CCN(C)CC1. The first-order valence-electron chi connectivity index (χ1n) is 6.66. The van der Waals surface area contributed by atoms with Gasteiger partial charge in [0.05, 0.1) is 0 Å². The van der Waals surface area contributed by atoms with Gasteiger partial charge in [-0.2, -0.15) is 0 Å². The number of nitrogens with zero attached hydrogens (tertiary/aromatic N) is 3. The van der Waals surface area contributed by atoms with E-state index in [9.17, 15) is 0 Å². The highest BCUT2D eigenvalue weighted by molar-refractivity contribution is 5.55. The molecule has 0 amide bonds. The molecule has 0 aromatic rings. The van der Waals surface area contributed by atoms with Crippen LogP contribution in [0.25, 0.3) is 0 Å². The van der Waals surface area contributed by atoms with E-state index in [1.165, 1.54) is 26.2 Å². The summed E-state index contributed by atoms with van der Waals surface area (Å²) in [5.74, 6) is 0.544.